The fourth-order valence-electron chi connectivity index (χ4n) is 3.16. The third-order valence-corrected chi connectivity index (χ3v) is 4.67. The van der Waals surface area contributed by atoms with Crippen molar-refractivity contribution in [1.82, 2.24) is 0 Å². The van der Waals surface area contributed by atoms with Gasteiger partial charge < -0.3 is 21.4 Å². The maximum Gasteiger partial charge on any atom is 0.355 e. The zero-order chi connectivity index (χ0) is 22.1. The average molecular weight is 425 g/mol. The van der Waals surface area contributed by atoms with Crippen molar-refractivity contribution in [3.05, 3.63) is 65.7 Å². The number of benzene rings is 3. The third-order valence-electron chi connectivity index (χ3n) is 4.21. The summed E-state index contributed by atoms with van der Waals surface area (Å²) in [6, 6.07) is 15.6. The molecule has 10 heteroatoms. The molecule has 7 N–H and O–H groups in total. The van der Waals surface area contributed by atoms with Crippen LogP contribution in [0.2, 0.25) is 0 Å². The van der Waals surface area contributed by atoms with Gasteiger partial charge in [0.15, 0.2) is 5.96 Å². The van der Waals surface area contributed by atoms with Crippen molar-refractivity contribution in [3.63, 3.8) is 0 Å². The topological polar surface area (TPSA) is 175 Å². The van der Waals surface area contributed by atoms with Crippen molar-refractivity contribution < 1.29 is 17.4 Å². The van der Waals surface area contributed by atoms with Crippen LogP contribution in [-0.2, 0) is 14.3 Å². The molecule has 0 radical (unpaired) electrons. The predicted octanol–water partition coefficient (Wildman–Crippen LogP) is 1.81. The summed E-state index contributed by atoms with van der Waals surface area (Å²) < 4.78 is 27.9. The minimum atomic E-state index is -4.14. The van der Waals surface area contributed by atoms with E-state index in [4.69, 9.17) is 22.6 Å². The number of nitrogens with zero attached hydrogens (tertiary/aromatic N) is 1. The first-order chi connectivity index (χ1) is 14.1. The van der Waals surface area contributed by atoms with Gasteiger partial charge in [0.2, 0.25) is 0 Å². The molecule has 0 unspecified atom stereocenters. The molecule has 3 aromatic carbocycles. The van der Waals surface area contributed by atoms with Gasteiger partial charge in [0, 0.05) is 11.1 Å². The Morgan fingerprint density at radius 3 is 2.30 bits per heavy atom. The van der Waals surface area contributed by atoms with Crippen LogP contribution in [0.15, 0.2) is 59.6 Å². The van der Waals surface area contributed by atoms with Crippen LogP contribution in [0.1, 0.15) is 15.9 Å². The lowest BCUT2D eigenvalue weighted by Crippen LogP contribution is -2.23. The lowest BCUT2D eigenvalue weighted by molar-refractivity contribution is 0.0749. The maximum absolute atomic E-state index is 12.9. The van der Waals surface area contributed by atoms with Crippen LogP contribution in [0.3, 0.4) is 0 Å². The summed E-state index contributed by atoms with van der Waals surface area (Å²) >= 11 is 0. The fourth-order valence-corrected chi connectivity index (χ4v) is 3.51. The van der Waals surface area contributed by atoms with Crippen LogP contribution >= 0.6 is 0 Å². The Hall–Kier alpha value is -3.92. The predicted molar refractivity (Wildman–Crippen MR) is 116 cm³/mol. The van der Waals surface area contributed by atoms with Gasteiger partial charge in [-0.3, -0.25) is 5.41 Å². The Balaban J connectivity index is 2.49. The van der Waals surface area contributed by atoms with Crippen molar-refractivity contribution in [2.45, 2.75) is 0 Å². The molecule has 0 fully saturated rings. The normalized spacial score (nSPS) is 11.1. The molecule has 0 bridgehead atoms. The van der Waals surface area contributed by atoms with Gasteiger partial charge in [0.1, 0.15) is 5.84 Å². The molecule has 3 rings (SSSR count). The lowest BCUT2D eigenvalue weighted by atomic mass is 9.90. The molecule has 0 aromatic heterocycles. The number of fused-ring (bicyclic) bond motifs is 1. The number of carbonyl (C=O) groups is 1. The number of hydrogen-bond donors (Lipinski definition) is 4. The zero-order valence-corrected chi connectivity index (χ0v) is 16.7. The van der Waals surface area contributed by atoms with E-state index in [1.807, 2.05) is 30.3 Å². The molecule has 0 saturated heterocycles. The number of aliphatic imine (C=N–C) groups is 1. The number of hydrogen-bond acceptors (Lipinski definition) is 6. The molecule has 0 aliphatic rings. The average Bonchev–Trinajstić information content (AvgIpc) is 2.65. The van der Waals surface area contributed by atoms with Gasteiger partial charge in [-0.25, -0.2) is 9.79 Å². The summed E-state index contributed by atoms with van der Waals surface area (Å²) in [6.07, 6.45) is 0.746. The smallest absolute Gasteiger partial charge is 0.355 e. The van der Waals surface area contributed by atoms with Gasteiger partial charge >= 0.3 is 16.1 Å². The van der Waals surface area contributed by atoms with Crippen LogP contribution < -0.4 is 17.2 Å². The first kappa shape index (κ1) is 20.8. The molecule has 0 amide bonds. The Kier molecular flexibility index (Phi) is 5.43. The van der Waals surface area contributed by atoms with E-state index in [1.54, 1.807) is 12.1 Å². The first-order valence-electron chi connectivity index (χ1n) is 8.61. The highest BCUT2D eigenvalue weighted by Crippen LogP contribution is 2.40. The van der Waals surface area contributed by atoms with E-state index in [0.29, 0.717) is 5.56 Å². The number of nitrogens with two attached hydrogens (primary N) is 3. The van der Waals surface area contributed by atoms with E-state index in [2.05, 4.69) is 9.18 Å². The van der Waals surface area contributed by atoms with Crippen molar-refractivity contribution in [1.29, 1.82) is 5.41 Å². The van der Waals surface area contributed by atoms with Crippen LogP contribution in [0.25, 0.3) is 21.9 Å². The highest BCUT2D eigenvalue weighted by molar-refractivity contribution is 7.86. The number of guanidine groups is 1. The number of rotatable bonds is 5. The largest absolute Gasteiger partial charge is 0.384 e. The second-order valence-corrected chi connectivity index (χ2v) is 8.01. The summed E-state index contributed by atoms with van der Waals surface area (Å²) in [7, 11) is -4.14. The van der Waals surface area contributed by atoms with Gasteiger partial charge in [-0.05, 0) is 28.5 Å². The van der Waals surface area contributed by atoms with Crippen LogP contribution in [0.4, 0.5) is 5.69 Å². The van der Waals surface area contributed by atoms with E-state index < -0.39 is 21.9 Å². The molecular formula is C20H19N5O4S. The quantitative estimate of drug-likeness (QED) is 0.274. The van der Waals surface area contributed by atoms with E-state index in [-0.39, 0.29) is 28.3 Å². The molecule has 0 heterocycles. The molecular weight excluding hydrogens is 406 g/mol. The molecule has 0 spiro atoms. The number of amidine groups is 1. The summed E-state index contributed by atoms with van der Waals surface area (Å²) in [5.74, 6) is -1.92. The van der Waals surface area contributed by atoms with Gasteiger partial charge in [-0.15, -0.1) is 0 Å². The molecule has 30 heavy (non-hydrogen) atoms. The molecule has 9 nitrogen and oxygen atoms in total. The highest BCUT2D eigenvalue weighted by Gasteiger charge is 2.27. The Bertz CT molecular complexity index is 1310. The molecule has 0 aliphatic carbocycles. The highest BCUT2D eigenvalue weighted by atomic mass is 32.2. The summed E-state index contributed by atoms with van der Waals surface area (Å²) in [5.41, 5.74) is 17.5. The van der Waals surface area contributed by atoms with Crippen molar-refractivity contribution in [3.8, 4) is 11.1 Å². The fraction of sp³-hybridized carbons (Fsp3) is 0.0500. The third kappa shape index (κ3) is 4.23. The number of nitrogen functional groups attached to an aromatic ring is 1. The molecule has 3 aromatic rings. The second kappa shape index (κ2) is 7.84. The van der Waals surface area contributed by atoms with E-state index in [1.165, 1.54) is 12.1 Å². The van der Waals surface area contributed by atoms with Gasteiger partial charge in [-0.2, -0.15) is 8.42 Å². The van der Waals surface area contributed by atoms with E-state index >= 15 is 0 Å². The van der Waals surface area contributed by atoms with E-state index in [9.17, 15) is 13.2 Å². The maximum atomic E-state index is 12.9. The number of nitrogens with one attached hydrogen (secondary N) is 1. The van der Waals surface area contributed by atoms with Crippen molar-refractivity contribution in [2.75, 3.05) is 6.26 Å². The van der Waals surface area contributed by atoms with E-state index in [0.717, 1.165) is 17.0 Å². The summed E-state index contributed by atoms with van der Waals surface area (Å²) in [6.45, 7) is 0. The summed E-state index contributed by atoms with van der Waals surface area (Å²) in [4.78, 5) is 17.0. The lowest BCUT2D eigenvalue weighted by Gasteiger charge is -2.17. The van der Waals surface area contributed by atoms with Crippen molar-refractivity contribution in [2.24, 2.45) is 22.2 Å². The van der Waals surface area contributed by atoms with Gasteiger partial charge in [0.05, 0.1) is 17.5 Å². The van der Waals surface area contributed by atoms with Crippen LogP contribution in [0.5, 0.6) is 0 Å². The minimum Gasteiger partial charge on any atom is -0.384 e. The Labute approximate surface area is 172 Å². The Morgan fingerprint density at radius 2 is 1.67 bits per heavy atom. The van der Waals surface area contributed by atoms with Gasteiger partial charge in [0.25, 0.3) is 0 Å². The van der Waals surface area contributed by atoms with Crippen LogP contribution in [-0.4, -0.2) is 32.4 Å². The van der Waals surface area contributed by atoms with Gasteiger partial charge in [-0.1, -0.05) is 42.5 Å². The second-order valence-electron chi connectivity index (χ2n) is 6.43. The minimum absolute atomic E-state index is 0.0128. The number of carbonyl (C=O) groups excluding carboxylic acids is 1. The SMILES string of the molecule is CS(=O)(=O)OC(=O)c1c(C(=N)N)ccc(N=C(N)N)c1-c1cccc2ccccc12. The Morgan fingerprint density at radius 1 is 1.00 bits per heavy atom. The molecule has 0 aliphatic heterocycles. The van der Waals surface area contributed by atoms with Crippen molar-refractivity contribution >= 4 is 44.3 Å². The summed E-state index contributed by atoms with van der Waals surface area (Å²) in [5, 5.41) is 9.48. The zero-order valence-electron chi connectivity index (χ0n) is 15.9. The molecule has 0 saturated carbocycles. The van der Waals surface area contributed by atoms with Crippen LogP contribution in [0, 0.1) is 5.41 Å². The molecule has 0 atom stereocenters. The first-order valence-corrected chi connectivity index (χ1v) is 10.4. The monoisotopic (exact) mass is 425 g/mol. The molecule has 154 valence electrons. The standard InChI is InChI=1S/C20H19N5O4S/c1-30(27,28)29-19(26)17-14(18(21)22)9-10-15(25-20(23)24)16(17)13-8-4-6-11-5-2-3-7-12(11)13/h2-10H,1H3,(H3,21,22)(H4,23,24,25).